The summed E-state index contributed by atoms with van der Waals surface area (Å²) in [5.41, 5.74) is -0.217. The molecule has 55 heavy (non-hydrogen) atoms. The molecule has 1 saturated heterocycles. The first kappa shape index (κ1) is 46.4. The Morgan fingerprint density at radius 1 is 0.982 bits per heavy atom. The number of hydrogen-bond donors (Lipinski definition) is 6. The molecule has 1 aromatic rings. The zero-order valence-electron chi connectivity index (χ0n) is 32.9. The smallest absolute Gasteiger partial charge is 0.326 e. The van der Waals surface area contributed by atoms with Crippen molar-refractivity contribution in [1.82, 2.24) is 31.1 Å². The van der Waals surface area contributed by atoms with E-state index in [0.29, 0.717) is 0 Å². The van der Waals surface area contributed by atoms with E-state index in [1.54, 1.807) is 7.05 Å². The topological polar surface area (TPSA) is 232 Å². The van der Waals surface area contributed by atoms with Crippen LogP contribution in [0.25, 0.3) is 0 Å². The maximum atomic E-state index is 13.7. The van der Waals surface area contributed by atoms with Crippen molar-refractivity contribution >= 4 is 59.1 Å². The van der Waals surface area contributed by atoms with Gasteiger partial charge in [-0.3, -0.25) is 38.5 Å². The number of nitrogens with zero attached hydrogens (tertiary/aromatic N) is 2. The van der Waals surface area contributed by atoms with Crippen LogP contribution in [0.1, 0.15) is 72.8 Å². The first-order valence-electron chi connectivity index (χ1n) is 18.0. The van der Waals surface area contributed by atoms with E-state index in [4.69, 9.17) is 5.11 Å². The average Bonchev–Trinajstić information content (AvgIpc) is 3.37. The molecule has 0 saturated carbocycles. The van der Waals surface area contributed by atoms with E-state index in [0.717, 1.165) is 22.2 Å². The Labute approximate surface area is 326 Å². The quantitative estimate of drug-likeness (QED) is 0.0765. The Kier molecular flexibility index (Phi) is 17.5. The minimum atomic E-state index is -1.41. The zero-order chi connectivity index (χ0) is 41.7. The number of thioether (sulfide) groups is 1. The normalized spacial score (nSPS) is 16.5. The second kappa shape index (κ2) is 20.8. The zero-order valence-corrected chi connectivity index (χ0v) is 33.7. The van der Waals surface area contributed by atoms with Gasteiger partial charge in [-0.15, -0.1) is 11.8 Å². The molecular weight excluding hydrogens is 733 g/mol. The summed E-state index contributed by atoms with van der Waals surface area (Å²) in [6, 6.07) is 6.58. The van der Waals surface area contributed by atoms with E-state index in [2.05, 4.69) is 21.3 Å². The molecule has 1 aromatic carbocycles. The number of imide groups is 1. The van der Waals surface area contributed by atoms with Gasteiger partial charge in [0.05, 0.1) is 17.7 Å². The standard InChI is InChI=1S/C38H56N6O10S/c1-23(16-19-43(8)35(52)31(37(2,3)4)42-33(50)30(39-7)38(5,6)24-12-10-9-11-13-24)32(49)41-25(36(53)54)14-15-27(45)40-18-20-44-28(46)22-26(34(44)51)55-21-17-29(47)48/h9-13,16,25-26,30-31,39H,14-15,17-22H2,1-8H3,(H,40,45)(H,41,49)(H,42,50)(H,47,48)(H,53,54)/b23-16+. The molecule has 6 amide bonds. The summed E-state index contributed by atoms with van der Waals surface area (Å²) >= 11 is 1.09. The van der Waals surface area contributed by atoms with Crippen LogP contribution in [0.15, 0.2) is 42.0 Å². The lowest BCUT2D eigenvalue weighted by molar-refractivity contribution is -0.142. The van der Waals surface area contributed by atoms with Crippen molar-refractivity contribution in [3.05, 3.63) is 47.5 Å². The largest absolute Gasteiger partial charge is 0.481 e. The Bertz CT molecular complexity index is 1610. The van der Waals surface area contributed by atoms with Crippen molar-refractivity contribution in [2.24, 2.45) is 5.41 Å². The number of carboxylic acid groups (broad SMARTS) is 2. The molecule has 1 heterocycles. The number of amides is 6. The van der Waals surface area contributed by atoms with Crippen LogP contribution >= 0.6 is 11.8 Å². The highest BCUT2D eigenvalue weighted by Gasteiger charge is 2.41. The van der Waals surface area contributed by atoms with Crippen molar-refractivity contribution in [3.63, 3.8) is 0 Å². The van der Waals surface area contributed by atoms with Gasteiger partial charge >= 0.3 is 11.9 Å². The molecule has 0 spiro atoms. The molecule has 0 radical (unpaired) electrons. The van der Waals surface area contributed by atoms with Gasteiger partial charge in [-0.05, 0) is 31.4 Å². The van der Waals surface area contributed by atoms with Gasteiger partial charge in [0.25, 0.3) is 0 Å². The molecule has 0 aromatic heterocycles. The summed E-state index contributed by atoms with van der Waals surface area (Å²) in [5, 5.41) is 28.8. The van der Waals surface area contributed by atoms with E-state index in [1.165, 1.54) is 24.9 Å². The Balaban J connectivity index is 1.93. The number of hydrogen-bond acceptors (Lipinski definition) is 10. The molecule has 1 aliphatic rings. The monoisotopic (exact) mass is 788 g/mol. The van der Waals surface area contributed by atoms with Crippen molar-refractivity contribution in [2.75, 3.05) is 39.5 Å². The third-order valence-corrected chi connectivity index (χ3v) is 10.6. The van der Waals surface area contributed by atoms with E-state index < -0.39 is 69.8 Å². The molecule has 2 rings (SSSR count). The van der Waals surface area contributed by atoms with Crippen LogP contribution in [0.4, 0.5) is 0 Å². The summed E-state index contributed by atoms with van der Waals surface area (Å²) in [7, 11) is 3.22. The van der Waals surface area contributed by atoms with Gasteiger partial charge in [0.15, 0.2) is 0 Å². The van der Waals surface area contributed by atoms with Crippen molar-refractivity contribution in [2.45, 2.75) is 96.0 Å². The minimum absolute atomic E-state index is 0.0184. The van der Waals surface area contributed by atoms with Crippen LogP contribution in [-0.2, 0) is 43.8 Å². The summed E-state index contributed by atoms with van der Waals surface area (Å²) in [4.78, 5) is 103. The number of benzene rings is 1. The lowest BCUT2D eigenvalue weighted by atomic mass is 9.76. The van der Waals surface area contributed by atoms with Gasteiger partial charge in [0.2, 0.25) is 35.4 Å². The number of rotatable bonds is 21. The molecule has 6 N–H and O–H groups in total. The number of carboxylic acids is 2. The van der Waals surface area contributed by atoms with Crippen molar-refractivity contribution in [3.8, 4) is 0 Å². The number of carbonyl (C=O) groups excluding carboxylic acids is 6. The van der Waals surface area contributed by atoms with Gasteiger partial charge in [-0.25, -0.2) is 4.79 Å². The molecule has 0 bridgehead atoms. The first-order chi connectivity index (χ1) is 25.6. The molecule has 4 atom stereocenters. The number of aliphatic carboxylic acids is 2. The number of likely N-dealkylation sites (tertiary alicyclic amines) is 1. The maximum absolute atomic E-state index is 13.7. The summed E-state index contributed by atoms with van der Waals surface area (Å²) in [6.07, 6.45) is 0.746. The minimum Gasteiger partial charge on any atom is -0.481 e. The summed E-state index contributed by atoms with van der Waals surface area (Å²) in [6.45, 7) is 10.7. The molecule has 1 fully saturated rings. The van der Waals surface area contributed by atoms with Crippen LogP contribution in [0.3, 0.4) is 0 Å². The lowest BCUT2D eigenvalue weighted by Crippen LogP contribution is -2.60. The second-order valence-corrected chi connectivity index (χ2v) is 16.4. The number of carbonyl (C=O) groups is 8. The maximum Gasteiger partial charge on any atom is 0.326 e. The lowest BCUT2D eigenvalue weighted by Gasteiger charge is -2.38. The first-order valence-corrected chi connectivity index (χ1v) is 19.1. The van der Waals surface area contributed by atoms with E-state index in [9.17, 15) is 43.5 Å². The average molecular weight is 789 g/mol. The van der Waals surface area contributed by atoms with E-state index in [-0.39, 0.29) is 68.5 Å². The van der Waals surface area contributed by atoms with E-state index in [1.807, 2.05) is 65.0 Å². The number of nitrogens with one attached hydrogen (secondary N) is 4. The molecule has 304 valence electrons. The fraction of sp³-hybridized carbons (Fsp3) is 0.579. The molecule has 17 heteroatoms. The van der Waals surface area contributed by atoms with Gasteiger partial charge in [-0.1, -0.05) is 71.0 Å². The SMILES string of the molecule is CNC(C(=O)NC(C(=O)N(C)C/C=C(\C)C(=O)NC(CCC(=O)NCCN1C(=O)CC(SCCC(=O)O)C1=O)C(=O)O)C(C)(C)C)C(C)(C)c1ccccc1. The fourth-order valence-corrected chi connectivity index (χ4v) is 7.02. The highest BCUT2D eigenvalue weighted by molar-refractivity contribution is 8.00. The second-order valence-electron chi connectivity index (χ2n) is 15.1. The predicted octanol–water partition coefficient (Wildman–Crippen LogP) is 1.29. The fourth-order valence-electron chi connectivity index (χ4n) is 5.91. The van der Waals surface area contributed by atoms with Crippen LogP contribution in [0, 0.1) is 5.41 Å². The van der Waals surface area contributed by atoms with Crippen LogP contribution in [0.5, 0.6) is 0 Å². The Morgan fingerprint density at radius 3 is 2.18 bits per heavy atom. The summed E-state index contributed by atoms with van der Waals surface area (Å²) < 4.78 is 0. The van der Waals surface area contributed by atoms with Crippen LogP contribution in [-0.4, -0.2) is 130 Å². The molecule has 16 nitrogen and oxygen atoms in total. The third kappa shape index (κ3) is 13.8. The van der Waals surface area contributed by atoms with E-state index >= 15 is 0 Å². The number of likely N-dealkylation sites (N-methyl/N-ethyl adjacent to an activating group) is 2. The molecule has 1 aliphatic heterocycles. The van der Waals surface area contributed by atoms with Crippen molar-refractivity contribution < 1.29 is 48.6 Å². The van der Waals surface area contributed by atoms with Gasteiger partial charge < -0.3 is 36.4 Å². The van der Waals surface area contributed by atoms with Gasteiger partial charge in [0.1, 0.15) is 12.1 Å². The third-order valence-electron chi connectivity index (χ3n) is 9.35. The van der Waals surface area contributed by atoms with Gasteiger partial charge in [0, 0.05) is 56.3 Å². The summed E-state index contributed by atoms with van der Waals surface area (Å²) in [5.74, 6) is -5.07. The van der Waals surface area contributed by atoms with Crippen molar-refractivity contribution in [1.29, 1.82) is 0 Å². The highest BCUT2D eigenvalue weighted by atomic mass is 32.2. The van der Waals surface area contributed by atoms with Crippen LogP contribution < -0.4 is 21.3 Å². The molecular formula is C38H56N6O10S. The highest BCUT2D eigenvalue weighted by Crippen LogP contribution is 2.29. The molecule has 0 aliphatic carbocycles. The van der Waals surface area contributed by atoms with Crippen LogP contribution in [0.2, 0.25) is 0 Å². The predicted molar refractivity (Wildman–Crippen MR) is 207 cm³/mol. The molecule has 4 unspecified atom stereocenters. The van der Waals surface area contributed by atoms with Gasteiger partial charge in [-0.2, -0.15) is 0 Å². The Morgan fingerprint density at radius 2 is 1.62 bits per heavy atom. The Hall–Kier alpha value is -4.77.